The summed E-state index contributed by atoms with van der Waals surface area (Å²) >= 11 is 0. The molecule has 0 saturated heterocycles. The average Bonchev–Trinajstić information content (AvgIpc) is 3.40. The topological polar surface area (TPSA) is 13.1 Å². The Morgan fingerprint density at radius 1 is 0.447 bits per heavy atom. The predicted molar refractivity (Wildman–Crippen MR) is 157 cm³/mol. The highest BCUT2D eigenvalue weighted by Gasteiger charge is 2.22. The van der Waals surface area contributed by atoms with E-state index in [0.29, 0.717) is 5.56 Å². The molecule has 0 aliphatic heterocycles. The van der Waals surface area contributed by atoms with Gasteiger partial charge in [-0.15, -0.1) is 0 Å². The Hall–Kier alpha value is -4.95. The van der Waals surface area contributed by atoms with Gasteiger partial charge in [0, 0.05) is 27.5 Å². The summed E-state index contributed by atoms with van der Waals surface area (Å²) in [6.07, 6.45) is 1.80. The molecule has 1 aromatic heterocycles. The normalized spacial score (nSPS) is 11.8. The maximum Gasteiger partial charge on any atom is 0.142 e. The highest BCUT2D eigenvalue weighted by atomic mass is 19.1. The summed E-state index contributed by atoms with van der Waals surface area (Å²) in [5.41, 5.74) is 4.01. The molecule has 0 spiro atoms. The monoisotopic (exact) mass is 488 g/mol. The van der Waals surface area contributed by atoms with Crippen molar-refractivity contribution < 1.29 is 8.81 Å². The zero-order valence-electron chi connectivity index (χ0n) is 20.4. The van der Waals surface area contributed by atoms with Gasteiger partial charge in [0.15, 0.2) is 0 Å². The molecule has 2 heteroatoms. The summed E-state index contributed by atoms with van der Waals surface area (Å²) in [4.78, 5) is 0. The van der Waals surface area contributed by atoms with Gasteiger partial charge >= 0.3 is 0 Å². The van der Waals surface area contributed by atoms with Gasteiger partial charge in [-0.25, -0.2) is 4.39 Å². The van der Waals surface area contributed by atoms with Gasteiger partial charge in [0.25, 0.3) is 0 Å². The molecular formula is C36H21FO. The third kappa shape index (κ3) is 3.04. The molecule has 38 heavy (non-hydrogen) atoms. The third-order valence-corrected chi connectivity index (χ3v) is 7.75. The summed E-state index contributed by atoms with van der Waals surface area (Å²) in [6.45, 7) is 0. The molecule has 0 saturated carbocycles. The Bertz CT molecular complexity index is 2190. The highest BCUT2D eigenvalue weighted by Crippen LogP contribution is 2.45. The Morgan fingerprint density at radius 2 is 1.13 bits per heavy atom. The summed E-state index contributed by atoms with van der Waals surface area (Å²) in [7, 11) is 0. The maximum absolute atomic E-state index is 16.1. The number of hydrogen-bond acceptors (Lipinski definition) is 1. The average molecular weight is 489 g/mol. The van der Waals surface area contributed by atoms with Crippen molar-refractivity contribution in [1.82, 2.24) is 0 Å². The first kappa shape index (κ1) is 21.2. The number of fused-ring (bicyclic) bond motifs is 7. The fourth-order valence-corrected chi connectivity index (χ4v) is 6.00. The van der Waals surface area contributed by atoms with E-state index >= 15 is 4.39 Å². The maximum atomic E-state index is 16.1. The van der Waals surface area contributed by atoms with Gasteiger partial charge in [-0.1, -0.05) is 91.0 Å². The van der Waals surface area contributed by atoms with Crippen LogP contribution in [0.15, 0.2) is 132 Å². The van der Waals surface area contributed by atoms with Crippen LogP contribution in [0, 0.1) is 5.82 Å². The molecule has 0 bridgehead atoms. The summed E-state index contributed by atoms with van der Waals surface area (Å²) in [5, 5.41) is 9.66. The van der Waals surface area contributed by atoms with Crippen LogP contribution in [0.3, 0.4) is 0 Å². The highest BCUT2D eigenvalue weighted by molar-refractivity contribution is 6.20. The number of benzene rings is 7. The lowest BCUT2D eigenvalue weighted by Gasteiger charge is -2.15. The molecule has 7 aromatic carbocycles. The summed E-state index contributed by atoms with van der Waals surface area (Å²) in [6, 6.07) is 40.9. The lowest BCUT2D eigenvalue weighted by atomic mass is 9.87. The van der Waals surface area contributed by atoms with Crippen LogP contribution in [0.5, 0.6) is 0 Å². The van der Waals surface area contributed by atoms with Gasteiger partial charge < -0.3 is 4.42 Å². The number of furan rings is 1. The molecule has 8 aromatic rings. The van der Waals surface area contributed by atoms with Crippen molar-refractivity contribution in [3.63, 3.8) is 0 Å². The molecule has 0 aliphatic rings. The standard InChI is InChI=1S/C36H21FO/c37-33-20-26-18-24-11-4-5-12-25(24)19-31(26)35(34(33)23-9-2-1-3-10-23)32-21-38-36-29-15-14-22-8-6-7-13-27(22)28(29)16-17-30(32)36/h1-21H. The van der Waals surface area contributed by atoms with Crippen LogP contribution in [-0.4, -0.2) is 0 Å². The van der Waals surface area contributed by atoms with E-state index < -0.39 is 0 Å². The minimum Gasteiger partial charge on any atom is -0.463 e. The van der Waals surface area contributed by atoms with Crippen molar-refractivity contribution in [2.75, 3.05) is 0 Å². The van der Waals surface area contributed by atoms with Crippen LogP contribution in [0.2, 0.25) is 0 Å². The van der Waals surface area contributed by atoms with E-state index in [-0.39, 0.29) is 5.82 Å². The van der Waals surface area contributed by atoms with Crippen molar-refractivity contribution in [3.05, 3.63) is 133 Å². The fourth-order valence-electron chi connectivity index (χ4n) is 6.00. The minimum absolute atomic E-state index is 0.241. The second-order valence-corrected chi connectivity index (χ2v) is 9.87. The van der Waals surface area contributed by atoms with Gasteiger partial charge in [0.05, 0.1) is 6.26 Å². The number of halogens is 1. The lowest BCUT2D eigenvalue weighted by Crippen LogP contribution is -1.93. The Labute approximate surface area is 218 Å². The van der Waals surface area contributed by atoms with Crippen molar-refractivity contribution in [2.45, 2.75) is 0 Å². The van der Waals surface area contributed by atoms with Crippen molar-refractivity contribution in [2.24, 2.45) is 0 Å². The van der Waals surface area contributed by atoms with Crippen LogP contribution < -0.4 is 0 Å². The largest absolute Gasteiger partial charge is 0.463 e. The van der Waals surface area contributed by atoms with E-state index in [4.69, 9.17) is 4.42 Å². The Balaban J connectivity index is 1.51. The molecule has 0 atom stereocenters. The van der Waals surface area contributed by atoms with Crippen LogP contribution in [-0.2, 0) is 0 Å². The van der Waals surface area contributed by atoms with Gasteiger partial charge in [-0.3, -0.25) is 0 Å². The quantitative estimate of drug-likeness (QED) is 0.174. The van der Waals surface area contributed by atoms with Gasteiger partial charge in [-0.2, -0.15) is 0 Å². The van der Waals surface area contributed by atoms with E-state index in [1.165, 1.54) is 10.8 Å². The third-order valence-electron chi connectivity index (χ3n) is 7.75. The molecule has 8 rings (SSSR count). The zero-order chi connectivity index (χ0) is 25.2. The molecule has 1 heterocycles. The van der Waals surface area contributed by atoms with E-state index in [9.17, 15) is 0 Å². The van der Waals surface area contributed by atoms with E-state index in [2.05, 4.69) is 72.8 Å². The molecule has 0 unspecified atom stereocenters. The van der Waals surface area contributed by atoms with Crippen LogP contribution in [0.25, 0.3) is 76.3 Å². The summed E-state index contributed by atoms with van der Waals surface area (Å²) < 4.78 is 22.4. The Kier molecular flexibility index (Phi) is 4.47. The molecule has 0 radical (unpaired) electrons. The SMILES string of the molecule is Fc1cc2cc3ccccc3cc2c(-c2coc3c2ccc2c4ccccc4ccc23)c1-c1ccccc1. The van der Waals surface area contributed by atoms with Crippen molar-refractivity contribution in [3.8, 4) is 22.3 Å². The van der Waals surface area contributed by atoms with E-state index in [1.807, 2.05) is 42.5 Å². The lowest BCUT2D eigenvalue weighted by molar-refractivity contribution is 0.620. The second-order valence-electron chi connectivity index (χ2n) is 9.87. The molecule has 0 aliphatic carbocycles. The molecular weight excluding hydrogens is 467 g/mol. The molecule has 0 fully saturated rings. The van der Waals surface area contributed by atoms with Crippen molar-refractivity contribution >= 4 is 54.1 Å². The molecule has 0 N–H and O–H groups in total. The van der Waals surface area contributed by atoms with Gasteiger partial charge in [-0.05, 0) is 73.6 Å². The van der Waals surface area contributed by atoms with Gasteiger partial charge in [0.1, 0.15) is 11.4 Å². The molecule has 178 valence electrons. The second kappa shape index (κ2) is 8.03. The van der Waals surface area contributed by atoms with Crippen LogP contribution in [0.1, 0.15) is 0 Å². The molecule has 1 nitrogen and oxygen atoms in total. The van der Waals surface area contributed by atoms with E-state index in [1.54, 1.807) is 12.3 Å². The van der Waals surface area contributed by atoms with Crippen molar-refractivity contribution in [1.29, 1.82) is 0 Å². The van der Waals surface area contributed by atoms with E-state index in [0.717, 1.165) is 60.0 Å². The first-order valence-corrected chi connectivity index (χ1v) is 12.8. The molecule has 0 amide bonds. The van der Waals surface area contributed by atoms with Crippen LogP contribution >= 0.6 is 0 Å². The summed E-state index contributed by atoms with van der Waals surface area (Å²) in [5.74, 6) is -0.241. The minimum atomic E-state index is -0.241. The number of rotatable bonds is 2. The smallest absolute Gasteiger partial charge is 0.142 e. The fraction of sp³-hybridized carbons (Fsp3) is 0. The van der Waals surface area contributed by atoms with Crippen LogP contribution in [0.4, 0.5) is 4.39 Å². The Morgan fingerprint density at radius 3 is 1.97 bits per heavy atom. The first-order chi connectivity index (χ1) is 18.8. The van der Waals surface area contributed by atoms with Gasteiger partial charge in [0.2, 0.25) is 0 Å². The number of hydrogen-bond donors (Lipinski definition) is 0. The predicted octanol–water partition coefficient (Wildman–Crippen LogP) is 10.5. The first-order valence-electron chi connectivity index (χ1n) is 12.8. The zero-order valence-corrected chi connectivity index (χ0v) is 20.4.